The molecular weight excluding hydrogens is 1830 g/mol. The quantitative estimate of drug-likeness (QED) is 0.0340. The van der Waals surface area contributed by atoms with E-state index in [-0.39, 0.29) is 101 Å². The second kappa shape index (κ2) is 34.8. The van der Waals surface area contributed by atoms with Gasteiger partial charge in [-0.25, -0.2) is 61.4 Å². The van der Waals surface area contributed by atoms with Crippen molar-refractivity contribution in [1.29, 1.82) is 0 Å². The SMILES string of the molecule is COC(=O)c1cccc(Cn2c(C(=O)O)c(-n3c(=O)[nH]c4cscc4c3=O)c3cc(C(F)(F)F)ccc32)c1.Cc1cc(Cn2c(C(=O)O)c(-n3c(=O)[nH]c4cscc4c3=O)c3cc(C(F)(F)F)ccc32)no1.Cn1c(C(=O)O)c(-n2c(=O)[nH]c3ccccc3c2=O)c2cc(C(F)(F)F)ccc21.O=C(O)c1c(-n2c(=O)[nH]c3ccccc3c2=O)c2cc(Cl)ccc2n1CC1CCCNC1. The van der Waals surface area contributed by atoms with Crippen molar-refractivity contribution in [2.45, 2.75) is 57.9 Å². The molecule has 1 aliphatic heterocycles. The number of nitrogens with zero attached hydrogens (tertiary/aromatic N) is 9. The Kier molecular flexibility index (Phi) is 23.7. The molecule has 1 saturated heterocycles. The van der Waals surface area contributed by atoms with Crippen molar-refractivity contribution in [2.24, 2.45) is 13.0 Å². The number of nitrogens with one attached hydrogen (secondary N) is 5. The highest BCUT2D eigenvalue weighted by Crippen LogP contribution is 2.41. The number of carbonyl (C=O) groups is 5. The smallest absolute Gasteiger partial charge is 0.416 e. The Hall–Kier alpha value is -16.0. The summed E-state index contributed by atoms with van der Waals surface area (Å²) in [7, 11) is 2.53. The standard InChI is InChI=1S/C25H16F3N3O6S.C23H21ClN4O4.C21H13F3N4O5S.C19H12F3N3O4/c1-37-23(35)13-4-2-3-12(7-13)9-30-18-6-5-14(25(26,27)28)8-15(18)19(20(30)22(33)34)31-21(32)16-10-38-11-17(16)29-24(31)36;24-14-7-8-18-16(10-14)19(20(22(30)31)27(18)12-13-4-3-9-25-11-13)28-21(29)15-5-1-2-6-17(15)26-23(28)32;1-9-4-11(26-33-9)6-27-15-3-2-10(21(22,23)24)5-12(15)16(17(27)19(30)31)28-18(29)13-7-34-8-14(13)25-20(28)32;1-24-13-7-6-9(19(20,21)22)8-11(13)14(15(24)17(27)28)25-16(26)10-4-2-3-5-12(10)23-18(25)29/h2-8,10-11H,9H2,1H3,(H,29,36)(H,33,34);1-2,5-8,10,13,25H,3-4,9,11-12H2,(H,26,32)(H,30,31);2-5,7-8H,6H2,1H3,(H,25,32)(H,30,31);2-8H,1H3,(H,23,29)(H,27,28). The molecule has 45 heteroatoms. The van der Waals surface area contributed by atoms with Crippen molar-refractivity contribution < 1.29 is 93.2 Å². The van der Waals surface area contributed by atoms with E-state index in [1.165, 1.54) is 81.2 Å². The molecular formula is C88H62ClF9N14O19S2. The average molecular weight is 1890 g/mol. The molecule has 0 aliphatic carbocycles. The third-order valence-corrected chi connectivity index (χ3v) is 23.9. The van der Waals surface area contributed by atoms with Crippen molar-refractivity contribution in [3.63, 3.8) is 0 Å². The first kappa shape index (κ1) is 90.4. The number of carbonyl (C=O) groups excluding carboxylic acids is 1. The Morgan fingerprint density at radius 1 is 0.466 bits per heavy atom. The van der Waals surface area contributed by atoms with Crippen LogP contribution in [0.25, 0.3) is 110 Å². The largest absolute Gasteiger partial charge is 0.477 e. The van der Waals surface area contributed by atoms with Crippen molar-refractivity contribution >= 4 is 151 Å². The molecule has 19 rings (SSSR count). The number of benzene rings is 7. The number of aromatic nitrogens is 13. The summed E-state index contributed by atoms with van der Waals surface area (Å²) in [6.07, 6.45) is -12.2. The van der Waals surface area contributed by atoms with E-state index < -0.39 is 144 Å². The van der Waals surface area contributed by atoms with Crippen molar-refractivity contribution in [3.05, 3.63) is 324 Å². The summed E-state index contributed by atoms with van der Waals surface area (Å²) in [4.78, 5) is 176. The zero-order valence-corrected chi connectivity index (χ0v) is 70.7. The number of ether oxygens (including phenoxy) is 1. The van der Waals surface area contributed by atoms with Gasteiger partial charge in [0.15, 0.2) is 22.8 Å². The number of hydrogen-bond donors (Lipinski definition) is 9. The number of fused-ring (bicyclic) bond motifs is 8. The van der Waals surface area contributed by atoms with Gasteiger partial charge in [0.05, 0.1) is 124 Å². The molecule has 1 aliphatic rings. The molecule has 1 fully saturated rings. The molecule has 18 aromatic rings. The Morgan fingerprint density at radius 3 is 1.31 bits per heavy atom. The number of esters is 1. The van der Waals surface area contributed by atoms with E-state index in [2.05, 4.69) is 30.4 Å². The third-order valence-electron chi connectivity index (χ3n) is 22.1. The topological polar surface area (TPSA) is 453 Å². The van der Waals surface area contributed by atoms with Gasteiger partial charge in [-0.05, 0) is 154 Å². The van der Waals surface area contributed by atoms with E-state index in [9.17, 15) is 122 Å². The number of thiophene rings is 2. The minimum Gasteiger partial charge on any atom is -0.477 e. The number of carboxylic acid groups (broad SMARTS) is 4. The van der Waals surface area contributed by atoms with E-state index in [0.717, 1.165) is 106 Å². The number of alkyl halides is 9. The Bertz CT molecular complexity index is 8450. The zero-order valence-electron chi connectivity index (χ0n) is 68.3. The molecule has 0 bridgehead atoms. The number of halogens is 10. The van der Waals surface area contributed by atoms with E-state index >= 15 is 0 Å². The van der Waals surface area contributed by atoms with Crippen LogP contribution in [0.15, 0.2) is 216 Å². The highest BCUT2D eigenvalue weighted by Gasteiger charge is 2.39. The van der Waals surface area contributed by atoms with Gasteiger partial charge >= 0.3 is 71.1 Å². The molecule has 1 unspecified atom stereocenters. The molecule has 0 saturated carbocycles. The lowest BCUT2D eigenvalue weighted by Gasteiger charge is -2.24. The predicted molar refractivity (Wildman–Crippen MR) is 470 cm³/mol. The lowest BCUT2D eigenvalue weighted by molar-refractivity contribution is -0.138. The Balaban J connectivity index is 0.000000130. The van der Waals surface area contributed by atoms with Gasteiger partial charge in [-0.15, -0.1) is 22.7 Å². The molecule has 0 amide bonds. The fourth-order valence-corrected chi connectivity index (χ4v) is 18.0. The normalized spacial score (nSPS) is 13.1. The molecule has 0 radical (unpaired) electrons. The first-order valence-corrected chi connectivity index (χ1v) is 41.5. The second-order valence-corrected chi connectivity index (χ2v) is 32.2. The van der Waals surface area contributed by atoms with Gasteiger partial charge in [0.1, 0.15) is 11.5 Å². The van der Waals surface area contributed by atoms with Crippen molar-refractivity contribution in [3.8, 4) is 22.7 Å². The number of rotatable bonds is 15. The summed E-state index contributed by atoms with van der Waals surface area (Å²) in [5.74, 6) is -5.80. The second-order valence-electron chi connectivity index (χ2n) is 30.3. The van der Waals surface area contributed by atoms with Crippen LogP contribution in [0.5, 0.6) is 0 Å². The highest BCUT2D eigenvalue weighted by molar-refractivity contribution is 7.09. The van der Waals surface area contributed by atoms with E-state index in [0.29, 0.717) is 70.2 Å². The summed E-state index contributed by atoms with van der Waals surface area (Å²) >= 11 is 8.50. The molecule has 12 heterocycles. The average Bonchev–Trinajstić information content (AvgIpc) is 1.59. The van der Waals surface area contributed by atoms with Crippen LogP contribution >= 0.6 is 34.3 Å². The molecule has 133 heavy (non-hydrogen) atoms. The lowest BCUT2D eigenvalue weighted by atomic mass is 9.99. The molecule has 680 valence electrons. The van der Waals surface area contributed by atoms with Gasteiger partial charge in [-0.2, -0.15) is 39.5 Å². The first-order valence-electron chi connectivity index (χ1n) is 39.3. The first-order chi connectivity index (χ1) is 63.1. The Labute approximate surface area is 745 Å². The van der Waals surface area contributed by atoms with Gasteiger partial charge in [0.25, 0.3) is 22.2 Å². The number of methoxy groups -OCH3 is 1. The van der Waals surface area contributed by atoms with Crippen LogP contribution in [0.4, 0.5) is 39.5 Å². The number of piperidine rings is 1. The minimum atomic E-state index is -4.78. The zero-order chi connectivity index (χ0) is 95.2. The van der Waals surface area contributed by atoms with Crippen LogP contribution in [0, 0.1) is 12.8 Å². The number of aryl methyl sites for hydroxylation is 2. The van der Waals surface area contributed by atoms with Crippen LogP contribution < -0.4 is 50.3 Å². The summed E-state index contributed by atoms with van der Waals surface area (Å²) in [5, 5.41) is 54.0. The number of hydrogen-bond acceptors (Lipinski definition) is 19. The van der Waals surface area contributed by atoms with Crippen LogP contribution in [0.1, 0.15) is 98.9 Å². The van der Waals surface area contributed by atoms with Crippen LogP contribution in [-0.2, 0) is 49.9 Å². The fraction of sp³-hybridized carbons (Fsp3) is 0.159. The van der Waals surface area contributed by atoms with Gasteiger partial charge in [-0.3, -0.25) is 19.2 Å². The molecule has 0 spiro atoms. The van der Waals surface area contributed by atoms with Gasteiger partial charge in [0, 0.05) is 74.3 Å². The van der Waals surface area contributed by atoms with Crippen LogP contribution in [-0.4, -0.2) is 132 Å². The number of para-hydroxylation sites is 2. The molecule has 7 aromatic carbocycles. The van der Waals surface area contributed by atoms with Gasteiger partial charge < -0.3 is 73.2 Å². The van der Waals surface area contributed by atoms with E-state index in [4.69, 9.17) is 20.9 Å². The minimum absolute atomic E-state index is 0.0330. The molecule has 9 N–H and O–H groups in total. The van der Waals surface area contributed by atoms with Gasteiger partial charge in [-0.1, -0.05) is 53.2 Å². The van der Waals surface area contributed by atoms with Crippen molar-refractivity contribution in [2.75, 3.05) is 20.2 Å². The molecule has 33 nitrogen and oxygen atoms in total. The maximum atomic E-state index is 13.6. The number of H-pyrrole nitrogens is 4. The van der Waals surface area contributed by atoms with Crippen LogP contribution in [0.2, 0.25) is 5.02 Å². The van der Waals surface area contributed by atoms with E-state index in [1.807, 2.05) is 0 Å². The third kappa shape index (κ3) is 16.7. The van der Waals surface area contributed by atoms with Crippen LogP contribution in [0.3, 0.4) is 0 Å². The maximum absolute atomic E-state index is 13.6. The van der Waals surface area contributed by atoms with Gasteiger partial charge in [0.2, 0.25) is 0 Å². The summed E-state index contributed by atoms with van der Waals surface area (Å²) in [6.45, 7) is 3.40. The number of aromatic amines is 4. The molecule has 1 atom stereocenters. The summed E-state index contributed by atoms with van der Waals surface area (Å²) in [6, 6.07) is 33.2. The Morgan fingerprint density at radius 2 is 0.872 bits per heavy atom. The summed E-state index contributed by atoms with van der Waals surface area (Å²) in [5.41, 5.74) is -10.2. The number of aromatic carboxylic acids is 4. The monoisotopic (exact) mass is 1890 g/mol. The predicted octanol–water partition coefficient (Wildman–Crippen LogP) is 13.9. The van der Waals surface area contributed by atoms with Crippen molar-refractivity contribution in [1.82, 2.24) is 66.9 Å². The molecule has 11 aromatic heterocycles. The maximum Gasteiger partial charge on any atom is 0.416 e. The highest BCUT2D eigenvalue weighted by atomic mass is 35.5. The number of carboxylic acids is 4. The fourth-order valence-electron chi connectivity index (χ4n) is 16.4. The summed E-state index contributed by atoms with van der Waals surface area (Å²) < 4.78 is 139. The van der Waals surface area contributed by atoms with E-state index in [1.54, 1.807) is 72.2 Å². The lowest BCUT2D eigenvalue weighted by Crippen LogP contribution is -2.35.